The Hall–Kier alpha value is -3.82. The minimum Gasteiger partial charge on any atom is -0.494 e. The summed E-state index contributed by atoms with van der Waals surface area (Å²) in [5.74, 6) is -0.326. The van der Waals surface area contributed by atoms with Crippen molar-refractivity contribution >= 4 is 16.9 Å². The van der Waals surface area contributed by atoms with E-state index in [-0.39, 0.29) is 25.3 Å². The molecule has 40 heavy (non-hydrogen) atoms. The number of carbonyl (C=O) groups is 1. The number of halogens is 2. The number of nitrogens with zero attached hydrogens (tertiary/aromatic N) is 1. The summed E-state index contributed by atoms with van der Waals surface area (Å²) in [5.41, 5.74) is 4.24. The number of imidazole rings is 1. The van der Waals surface area contributed by atoms with Gasteiger partial charge in [-0.15, -0.1) is 0 Å². The zero-order valence-electron chi connectivity index (χ0n) is 22.8. The molecule has 1 aromatic heterocycles. The van der Waals surface area contributed by atoms with Gasteiger partial charge in [0.15, 0.2) is 0 Å². The normalized spacial score (nSPS) is 12.8. The van der Waals surface area contributed by atoms with E-state index in [1.807, 2.05) is 37.3 Å². The van der Waals surface area contributed by atoms with Crippen LogP contribution in [0.1, 0.15) is 42.8 Å². The number of aromatic amines is 1. The fourth-order valence-corrected chi connectivity index (χ4v) is 4.66. The molecule has 4 aromatic rings. The predicted octanol–water partition coefficient (Wildman–Crippen LogP) is 4.61. The Morgan fingerprint density at radius 1 is 1.02 bits per heavy atom. The fourth-order valence-electron chi connectivity index (χ4n) is 4.66. The lowest BCUT2D eigenvalue weighted by Gasteiger charge is -2.25. The lowest BCUT2D eigenvalue weighted by atomic mass is 10.00. The van der Waals surface area contributed by atoms with Gasteiger partial charge in [0.05, 0.1) is 29.8 Å². The lowest BCUT2D eigenvalue weighted by Crippen LogP contribution is -2.48. The van der Waals surface area contributed by atoms with Crippen LogP contribution < -0.4 is 15.4 Å². The van der Waals surface area contributed by atoms with E-state index in [1.54, 1.807) is 0 Å². The molecule has 2 atom stereocenters. The summed E-state index contributed by atoms with van der Waals surface area (Å²) < 4.78 is 33.2. The summed E-state index contributed by atoms with van der Waals surface area (Å²) in [6.45, 7) is 5.29. The summed E-state index contributed by atoms with van der Waals surface area (Å²) >= 11 is 0. The molecule has 0 fully saturated rings. The number of hydrogen-bond donors (Lipinski definition) is 4. The molecule has 4 rings (SSSR count). The quantitative estimate of drug-likeness (QED) is 0.184. The van der Waals surface area contributed by atoms with E-state index in [1.165, 1.54) is 17.7 Å². The largest absolute Gasteiger partial charge is 0.494 e. The number of rotatable bonds is 14. The van der Waals surface area contributed by atoms with Crippen LogP contribution in [-0.4, -0.2) is 46.3 Å². The van der Waals surface area contributed by atoms with Gasteiger partial charge >= 0.3 is 0 Å². The first-order valence-corrected chi connectivity index (χ1v) is 13.6. The van der Waals surface area contributed by atoms with Gasteiger partial charge in [0.25, 0.3) is 0 Å². The molecule has 0 saturated carbocycles. The summed E-state index contributed by atoms with van der Waals surface area (Å²) in [6.07, 6.45) is 0.480. The summed E-state index contributed by atoms with van der Waals surface area (Å²) in [6, 6.07) is 16.2. The first-order chi connectivity index (χ1) is 19.3. The van der Waals surface area contributed by atoms with Gasteiger partial charge in [0, 0.05) is 38.1 Å². The number of aliphatic hydroxyl groups excluding tert-OH is 1. The fraction of sp³-hybridized carbons (Fsp3) is 0.355. The number of ether oxygens (including phenoxy) is 1. The third-order valence-electron chi connectivity index (χ3n) is 6.67. The molecule has 212 valence electrons. The Balaban J connectivity index is 1.38. The number of aromatic nitrogens is 2. The zero-order valence-corrected chi connectivity index (χ0v) is 22.8. The van der Waals surface area contributed by atoms with Crippen LogP contribution in [0.2, 0.25) is 0 Å². The van der Waals surface area contributed by atoms with Gasteiger partial charge in [-0.25, -0.2) is 13.8 Å². The van der Waals surface area contributed by atoms with Crippen molar-refractivity contribution in [2.45, 2.75) is 58.2 Å². The molecular formula is C31H36F2N4O3. The summed E-state index contributed by atoms with van der Waals surface area (Å²) in [4.78, 5) is 20.7. The number of carbonyl (C=O) groups excluding carboxylic acids is 1. The van der Waals surface area contributed by atoms with Crippen molar-refractivity contribution in [2.24, 2.45) is 0 Å². The molecule has 0 aliphatic rings. The van der Waals surface area contributed by atoms with Crippen LogP contribution in [0.25, 0.3) is 11.0 Å². The van der Waals surface area contributed by atoms with Gasteiger partial charge in [-0.1, -0.05) is 31.2 Å². The standard InChI is InChI=1S/C31H36F2N4O3/c1-3-20-6-5-7-21(12-20)18-34-19-29(38)28(15-22-13-23(32)16-24(33)14-22)37-31(39)11-10-30-35-26-9-8-25(40-4-2)17-27(26)36-30/h5-9,12-14,16-17,28-29,34,38H,3-4,10-11,15,18-19H2,1-2H3,(H,35,36)(H,37,39). The number of nitrogens with one attached hydrogen (secondary N) is 3. The molecule has 0 aliphatic heterocycles. The second kappa shape index (κ2) is 14.0. The van der Waals surface area contributed by atoms with Crippen LogP contribution >= 0.6 is 0 Å². The van der Waals surface area contributed by atoms with Gasteiger partial charge in [-0.2, -0.15) is 0 Å². The highest BCUT2D eigenvalue weighted by atomic mass is 19.1. The molecule has 0 aliphatic carbocycles. The number of aryl methyl sites for hydroxylation is 2. The van der Waals surface area contributed by atoms with Crippen LogP contribution in [0, 0.1) is 11.6 Å². The van der Waals surface area contributed by atoms with E-state index in [9.17, 15) is 18.7 Å². The van der Waals surface area contributed by atoms with Crippen molar-refractivity contribution in [1.29, 1.82) is 0 Å². The monoisotopic (exact) mass is 550 g/mol. The van der Waals surface area contributed by atoms with Gasteiger partial charge in [0.2, 0.25) is 5.91 Å². The Kier molecular flexibility index (Phi) is 10.2. The molecule has 4 N–H and O–H groups in total. The highest BCUT2D eigenvalue weighted by Gasteiger charge is 2.22. The van der Waals surface area contributed by atoms with Gasteiger partial charge in [0.1, 0.15) is 23.2 Å². The highest BCUT2D eigenvalue weighted by molar-refractivity contribution is 5.78. The average Bonchev–Trinajstić information content (AvgIpc) is 3.33. The van der Waals surface area contributed by atoms with Crippen LogP contribution in [0.3, 0.4) is 0 Å². The van der Waals surface area contributed by atoms with E-state index in [2.05, 4.69) is 39.7 Å². The van der Waals surface area contributed by atoms with E-state index < -0.39 is 23.8 Å². The Morgan fingerprint density at radius 3 is 2.55 bits per heavy atom. The molecule has 0 saturated heterocycles. The number of H-pyrrole nitrogens is 1. The van der Waals surface area contributed by atoms with Gasteiger partial charge < -0.3 is 25.5 Å². The smallest absolute Gasteiger partial charge is 0.220 e. The third-order valence-corrected chi connectivity index (χ3v) is 6.67. The maximum Gasteiger partial charge on any atom is 0.220 e. The van der Waals surface area contributed by atoms with Crippen LogP contribution in [0.5, 0.6) is 5.75 Å². The number of benzene rings is 3. The number of amides is 1. The molecule has 0 spiro atoms. The van der Waals surface area contributed by atoms with Crippen molar-refractivity contribution in [3.8, 4) is 5.75 Å². The average molecular weight is 551 g/mol. The molecule has 9 heteroatoms. The molecule has 2 unspecified atom stereocenters. The van der Waals surface area contributed by atoms with Crippen molar-refractivity contribution in [1.82, 2.24) is 20.6 Å². The second-order valence-corrected chi connectivity index (χ2v) is 9.82. The highest BCUT2D eigenvalue weighted by Crippen LogP contribution is 2.20. The number of hydrogen-bond acceptors (Lipinski definition) is 5. The van der Waals surface area contributed by atoms with Crippen LogP contribution in [-0.2, 0) is 30.6 Å². The number of aliphatic hydroxyl groups is 1. The van der Waals surface area contributed by atoms with Crippen LogP contribution in [0.15, 0.2) is 60.7 Å². The molecule has 1 heterocycles. The van der Waals surface area contributed by atoms with Crippen LogP contribution in [0.4, 0.5) is 8.78 Å². The SMILES string of the molecule is CCOc1ccc2nc(CCC(=O)NC(Cc3cc(F)cc(F)c3)C(O)CNCc3cccc(CC)c3)[nH]c2c1. The molecule has 0 bridgehead atoms. The molecule has 1 amide bonds. The topological polar surface area (TPSA) is 99.3 Å². The van der Waals surface area contributed by atoms with Crippen molar-refractivity contribution in [3.63, 3.8) is 0 Å². The Labute approximate surface area is 233 Å². The van der Waals surface area contributed by atoms with E-state index in [0.29, 0.717) is 31.0 Å². The van der Waals surface area contributed by atoms with Crippen molar-refractivity contribution < 1.29 is 23.4 Å². The van der Waals surface area contributed by atoms with E-state index in [0.717, 1.165) is 34.8 Å². The minimum atomic E-state index is -0.993. The Bertz CT molecular complexity index is 1400. The first kappa shape index (κ1) is 29.2. The summed E-state index contributed by atoms with van der Waals surface area (Å²) in [7, 11) is 0. The van der Waals surface area contributed by atoms with Gasteiger partial charge in [-0.05, 0) is 60.7 Å². The lowest BCUT2D eigenvalue weighted by molar-refractivity contribution is -0.122. The third kappa shape index (κ3) is 8.34. The molecule has 7 nitrogen and oxygen atoms in total. The number of fused-ring (bicyclic) bond motifs is 1. The summed E-state index contributed by atoms with van der Waals surface area (Å²) in [5, 5.41) is 17.1. The molecular weight excluding hydrogens is 514 g/mol. The van der Waals surface area contributed by atoms with E-state index >= 15 is 0 Å². The molecule has 0 radical (unpaired) electrons. The van der Waals surface area contributed by atoms with Crippen molar-refractivity contribution in [2.75, 3.05) is 13.2 Å². The predicted molar refractivity (Wildman–Crippen MR) is 151 cm³/mol. The maximum atomic E-state index is 13.8. The van der Waals surface area contributed by atoms with Gasteiger partial charge in [-0.3, -0.25) is 4.79 Å². The van der Waals surface area contributed by atoms with Crippen molar-refractivity contribution in [3.05, 3.63) is 94.8 Å². The van der Waals surface area contributed by atoms with E-state index in [4.69, 9.17) is 4.74 Å². The first-order valence-electron chi connectivity index (χ1n) is 13.6. The second-order valence-electron chi connectivity index (χ2n) is 9.82. The molecule has 3 aromatic carbocycles. The maximum absolute atomic E-state index is 13.8. The zero-order chi connectivity index (χ0) is 28.5. The minimum absolute atomic E-state index is 0.0689. The Morgan fingerprint density at radius 2 is 1.80 bits per heavy atom.